The molecule has 8 aliphatic carbocycles. The van der Waals surface area contributed by atoms with E-state index in [0.29, 0.717) is 83.9 Å². The monoisotopic (exact) mass is 1870 g/mol. The van der Waals surface area contributed by atoms with E-state index < -0.39 is 0 Å². The van der Waals surface area contributed by atoms with E-state index in [0.717, 1.165) is 218 Å². The van der Waals surface area contributed by atoms with Crippen molar-refractivity contribution in [2.45, 2.75) is 273 Å². The fourth-order valence-electron chi connectivity index (χ4n) is 26.0. The predicted octanol–water partition coefficient (Wildman–Crippen LogP) is 22.2. The van der Waals surface area contributed by atoms with Gasteiger partial charge in [-0.2, -0.15) is 0 Å². The maximum atomic E-state index is 13.8. The van der Waals surface area contributed by atoms with Crippen molar-refractivity contribution in [1.82, 2.24) is 49.8 Å². The van der Waals surface area contributed by atoms with E-state index in [2.05, 4.69) is 188 Å². The van der Waals surface area contributed by atoms with Gasteiger partial charge in [0.1, 0.15) is 0 Å². The minimum absolute atomic E-state index is 0.000399. The average Bonchev–Trinajstić information content (AvgIpc) is 1.61. The van der Waals surface area contributed by atoms with Crippen LogP contribution in [0.2, 0.25) is 0 Å². The summed E-state index contributed by atoms with van der Waals surface area (Å²) in [7, 11) is 7.54. The third-order valence-corrected chi connectivity index (χ3v) is 32.7. The molecule has 6 aromatic rings. The molecule has 0 bridgehead atoms. The summed E-state index contributed by atoms with van der Waals surface area (Å²) in [5, 5.41) is 8.87. The van der Waals surface area contributed by atoms with Crippen molar-refractivity contribution in [2.75, 3.05) is 92.4 Å². The average molecular weight is 1870 g/mol. The molecule has 4 atom stereocenters. The molecule has 0 saturated heterocycles. The number of carbonyl (C=O) groups is 8. The third-order valence-electron chi connectivity index (χ3n) is 32.7. The largest absolute Gasteiger partial charge is 0.345 e. The normalized spacial score (nSPS) is 24.1. The summed E-state index contributed by atoms with van der Waals surface area (Å²) in [5.41, 5.74) is 24.9. The number of hydrogen-bond donors (Lipinski definition) is 3. The number of anilines is 1. The molecule has 4 heterocycles. The predicted molar refractivity (Wildman–Crippen MR) is 558 cm³/mol. The molecule has 11 amide bonds. The lowest BCUT2D eigenvalue weighted by Crippen LogP contribution is -2.50. The van der Waals surface area contributed by atoms with Crippen molar-refractivity contribution in [1.29, 1.82) is 0 Å². The highest BCUT2D eigenvalue weighted by atomic mass is 16.2. The number of carbonyl (C=O) groups excluding carboxylic acids is 8. The van der Waals surface area contributed by atoms with Crippen LogP contribution in [0.15, 0.2) is 180 Å². The number of urea groups is 3. The minimum Gasteiger partial charge on any atom is -0.345 e. The van der Waals surface area contributed by atoms with Gasteiger partial charge in [0.15, 0.2) is 0 Å². The summed E-state index contributed by atoms with van der Waals surface area (Å²) in [6, 6.07) is 55.4. The van der Waals surface area contributed by atoms with Gasteiger partial charge >= 0.3 is 18.1 Å². The first kappa shape index (κ1) is 102. The second-order valence-electron chi connectivity index (χ2n) is 45.0. The number of nitrogens with one attached hydrogen (secondary N) is 3. The van der Waals surface area contributed by atoms with Crippen LogP contribution >= 0.6 is 0 Å². The maximum Gasteiger partial charge on any atom is 0.321 e. The van der Waals surface area contributed by atoms with Gasteiger partial charge in [0.2, 0.25) is 29.5 Å². The molecule has 0 radical (unpaired) electrons. The van der Waals surface area contributed by atoms with Crippen LogP contribution in [0.1, 0.15) is 262 Å². The van der Waals surface area contributed by atoms with Gasteiger partial charge in [0, 0.05) is 122 Å². The van der Waals surface area contributed by atoms with Gasteiger partial charge in [-0.3, -0.25) is 24.0 Å². The number of benzene rings is 6. The second-order valence-corrected chi connectivity index (χ2v) is 45.0. The Morgan fingerprint density at radius 2 is 0.594 bits per heavy atom. The molecule has 3 N–H and O–H groups in total. The van der Waals surface area contributed by atoms with E-state index in [4.69, 9.17) is 0 Å². The van der Waals surface area contributed by atoms with E-state index in [1.165, 1.54) is 89.1 Å². The fraction of sp³-hybridized carbons (Fsp3) is 0.563. The van der Waals surface area contributed by atoms with E-state index in [9.17, 15) is 38.4 Å². The van der Waals surface area contributed by atoms with Crippen molar-refractivity contribution in [3.8, 4) is 0 Å². The summed E-state index contributed by atoms with van der Waals surface area (Å²) in [4.78, 5) is 121. The minimum atomic E-state index is -0.229. The number of likely N-dealkylation sites (N-methyl/N-ethyl adjacent to an activating group) is 1. The molecule has 19 heteroatoms. The van der Waals surface area contributed by atoms with Crippen LogP contribution in [0, 0.1) is 71.0 Å². The Morgan fingerprint density at radius 3 is 0.877 bits per heavy atom. The molecular formula is C119H161N11O8. The van der Waals surface area contributed by atoms with E-state index in [-0.39, 0.29) is 77.4 Å². The van der Waals surface area contributed by atoms with Crippen LogP contribution in [0.25, 0.3) is 22.3 Å². The van der Waals surface area contributed by atoms with Crippen LogP contribution in [0.4, 0.5) is 20.1 Å². The van der Waals surface area contributed by atoms with E-state index >= 15 is 0 Å². The lowest BCUT2D eigenvalue weighted by Gasteiger charge is -2.42. The van der Waals surface area contributed by atoms with Crippen molar-refractivity contribution in [3.63, 3.8) is 0 Å². The first-order valence-corrected chi connectivity index (χ1v) is 53.1. The van der Waals surface area contributed by atoms with Gasteiger partial charge in [0.05, 0.1) is 30.6 Å². The van der Waals surface area contributed by atoms with Crippen LogP contribution in [-0.4, -0.2) is 204 Å². The van der Waals surface area contributed by atoms with Crippen LogP contribution in [0.3, 0.4) is 0 Å². The zero-order valence-electron chi connectivity index (χ0n) is 86.1. The zero-order chi connectivity index (χ0) is 97.9. The Balaban J connectivity index is 0.000000140. The van der Waals surface area contributed by atoms with E-state index in [1.54, 1.807) is 9.80 Å². The smallest absolute Gasteiger partial charge is 0.321 e. The summed E-state index contributed by atoms with van der Waals surface area (Å²) >= 11 is 0. The highest BCUT2D eigenvalue weighted by Gasteiger charge is 2.47. The first-order valence-electron chi connectivity index (χ1n) is 53.1. The molecule has 4 unspecified atom stereocenters. The lowest BCUT2D eigenvalue weighted by molar-refractivity contribution is -0.140. The molecule has 4 aliphatic heterocycles. The molecule has 18 rings (SSSR count). The molecule has 0 aromatic heterocycles. The number of fused-ring (bicyclic) bond motifs is 8. The summed E-state index contributed by atoms with van der Waals surface area (Å²) < 4.78 is 0. The molecule has 740 valence electrons. The Labute approximate surface area is 825 Å². The van der Waals surface area contributed by atoms with Gasteiger partial charge in [-0.15, -0.1) is 0 Å². The maximum absolute atomic E-state index is 13.8. The van der Waals surface area contributed by atoms with Crippen molar-refractivity contribution < 1.29 is 38.4 Å². The highest BCUT2D eigenvalue weighted by Crippen LogP contribution is 2.50. The summed E-state index contributed by atoms with van der Waals surface area (Å²) in [6.45, 7) is 33.1. The molecular weight excluding hydrogens is 1710 g/mol. The first-order chi connectivity index (χ1) is 66.3. The number of amides is 11. The van der Waals surface area contributed by atoms with Crippen LogP contribution in [-0.2, 0) is 56.1 Å². The van der Waals surface area contributed by atoms with Gasteiger partial charge in [-0.25, -0.2) is 14.4 Å². The topological polar surface area (TPSA) is 199 Å². The number of rotatable bonds is 20. The van der Waals surface area contributed by atoms with Crippen LogP contribution < -0.4 is 16.0 Å². The molecule has 6 aromatic carbocycles. The number of hydrogen-bond acceptors (Lipinski definition) is 8. The van der Waals surface area contributed by atoms with Gasteiger partial charge < -0.3 is 55.1 Å². The molecule has 12 aliphatic rings. The Kier molecular flexibility index (Phi) is 33.8. The molecule has 4 saturated carbocycles. The van der Waals surface area contributed by atoms with Gasteiger partial charge in [0.25, 0.3) is 0 Å². The van der Waals surface area contributed by atoms with E-state index in [1.807, 2.05) is 126 Å². The van der Waals surface area contributed by atoms with Gasteiger partial charge in [-0.05, 0) is 336 Å². The van der Waals surface area contributed by atoms with Crippen molar-refractivity contribution >= 4 is 75.6 Å². The van der Waals surface area contributed by atoms with Crippen molar-refractivity contribution in [2.24, 2.45) is 71.0 Å². The van der Waals surface area contributed by atoms with Crippen LogP contribution in [0.5, 0.6) is 0 Å². The third kappa shape index (κ3) is 23.8. The molecule has 19 nitrogen and oxygen atoms in total. The zero-order valence-corrected chi connectivity index (χ0v) is 86.1. The quantitative estimate of drug-likeness (QED) is 0.0670. The SMILES string of the molecule is CC(C)C1C2=C(CCN1C(=O)C1CCC(CN(C)C(=O)Cc3ccccc3)CC1)c1ccccc1C2.CC(C)C1C2=C(CCN1C(=O)C1CCC(CN(C)C(=O)NC(C)(C)C)CC1)c1ccccc1C2.CC(C)C1C2=C(CCN1C(=O)C1CCC(CN(C)C(=O)Nc3ccccc3)CC1)c1ccccc1C2.CCNC(=O)N(C)CC1CCC(C(=O)N2CCC3=C(Cc4ccccc43)C2C(C)C)CC1. The number of nitrogens with zero attached hydrogens (tertiary/aromatic N) is 8. The Hall–Kier alpha value is -10.6. The summed E-state index contributed by atoms with van der Waals surface area (Å²) in [5.74, 6) is 5.64. The standard InChI is InChI=1S/C32H40N2O2.C31H39N3O2.C29H43N3O2.C27H39N3O2/c1-22(2)31-29-20-26-11-7-8-12-27(26)28(29)17-18-34(31)32(36)25-15-13-24(14-16-25)21-33(3)30(35)19-23-9-5-4-6-10-23;1-21(2)29-28-19-24-9-7-8-12-26(24)27(28)17-18-34(29)30(35)23-15-13-22(14-16-23)20-33(3)31(36)32-25-10-5-4-6-11-25;1-19(2)26-25-17-22-9-7-8-10-23(22)24(25)15-16-32(26)27(33)21-13-11-20(12-14-21)18-31(6)28(34)30-29(3,4)5;1-5-28-27(32)29(4)17-19-10-12-20(13-11-19)26(31)30-15-14-23-22-9-7-6-8-21(22)16-24(23)25(30)18(2)3/h4-12,22,24-25,31H,13-21H2,1-3H3;4-12,21-23,29H,13-20H2,1-3H3,(H,32,36);7-10,19-21,26H,11-18H2,1-6H3,(H,30,34);6-9,18-20,25H,5,10-17H2,1-4H3,(H,28,32). The fourth-order valence-corrected chi connectivity index (χ4v) is 26.0. The number of para-hydroxylation sites is 1. The molecule has 4 fully saturated rings. The molecule has 138 heavy (non-hydrogen) atoms. The van der Waals surface area contributed by atoms with Crippen molar-refractivity contribution in [3.05, 3.63) is 230 Å². The Morgan fingerprint density at radius 1 is 0.333 bits per heavy atom. The lowest BCUT2D eigenvalue weighted by atomic mass is 9.79. The summed E-state index contributed by atoms with van der Waals surface area (Å²) in [6.07, 6.45) is 24.0. The highest BCUT2D eigenvalue weighted by molar-refractivity contribution is 5.91. The van der Waals surface area contributed by atoms with Gasteiger partial charge in [-0.1, -0.05) is 201 Å². The second kappa shape index (κ2) is 45.8. The Bertz CT molecular complexity index is 5230. The molecule has 0 spiro atoms.